The van der Waals surface area contributed by atoms with Crippen molar-refractivity contribution in [1.82, 2.24) is 0 Å². The molecule has 0 spiro atoms. The fourth-order valence-corrected chi connectivity index (χ4v) is 0.299. The van der Waals surface area contributed by atoms with E-state index in [1.165, 1.54) is 7.11 Å². The third-order valence-corrected chi connectivity index (χ3v) is 0.879. The van der Waals surface area contributed by atoms with Crippen LogP contribution in [0.3, 0.4) is 0 Å². The first-order valence-electron chi connectivity index (χ1n) is 2.69. The van der Waals surface area contributed by atoms with Gasteiger partial charge in [0.15, 0.2) is 12.0 Å². The molecule has 0 aromatic carbocycles. The summed E-state index contributed by atoms with van der Waals surface area (Å²) in [5.41, 5.74) is 0. The molecule has 0 bridgehead atoms. The first-order chi connectivity index (χ1) is 4.57. The summed E-state index contributed by atoms with van der Waals surface area (Å²) in [5.74, 6) is -1.49. The summed E-state index contributed by atoms with van der Waals surface area (Å²) in [7, 11) is 1.42. The van der Waals surface area contributed by atoms with Crippen molar-refractivity contribution in [3.63, 3.8) is 0 Å². The first kappa shape index (κ1) is 8.97. The number of aliphatic carboxylic acids is 1. The van der Waals surface area contributed by atoms with Crippen LogP contribution in [0.5, 0.6) is 0 Å². The SMILES string of the molecule is C=C(OC(C)OC)C(=O)O. The molecule has 0 aliphatic heterocycles. The van der Waals surface area contributed by atoms with Crippen LogP contribution in [0.25, 0.3) is 0 Å². The molecule has 1 atom stereocenters. The second-order valence-electron chi connectivity index (χ2n) is 1.65. The lowest BCUT2D eigenvalue weighted by molar-refractivity contribution is -0.144. The average Bonchev–Trinajstić information content (AvgIpc) is 1.87. The highest BCUT2D eigenvalue weighted by molar-refractivity contribution is 5.83. The Bertz CT molecular complexity index is 141. The van der Waals surface area contributed by atoms with E-state index in [1.54, 1.807) is 6.92 Å². The van der Waals surface area contributed by atoms with Crippen LogP contribution in [-0.4, -0.2) is 24.5 Å². The molecule has 1 N–H and O–H groups in total. The van der Waals surface area contributed by atoms with Crippen LogP contribution in [0.4, 0.5) is 0 Å². The summed E-state index contributed by atoms with van der Waals surface area (Å²) in [6, 6.07) is 0. The van der Waals surface area contributed by atoms with Gasteiger partial charge in [-0.1, -0.05) is 0 Å². The summed E-state index contributed by atoms with van der Waals surface area (Å²) >= 11 is 0. The summed E-state index contributed by atoms with van der Waals surface area (Å²) in [6.07, 6.45) is -0.566. The molecule has 0 aliphatic carbocycles. The molecule has 1 unspecified atom stereocenters. The lowest BCUT2D eigenvalue weighted by atomic mass is 10.6. The van der Waals surface area contributed by atoms with E-state index < -0.39 is 12.3 Å². The van der Waals surface area contributed by atoms with Gasteiger partial charge in [0.1, 0.15) is 0 Å². The summed E-state index contributed by atoms with van der Waals surface area (Å²) in [4.78, 5) is 10.1. The predicted octanol–water partition coefficient (Wildman–Crippen LogP) is 0.594. The minimum Gasteiger partial charge on any atom is -0.475 e. The number of carbonyl (C=O) groups is 1. The van der Waals surface area contributed by atoms with Crippen LogP contribution in [0, 0.1) is 0 Å². The second kappa shape index (κ2) is 3.90. The van der Waals surface area contributed by atoms with Crippen LogP contribution in [-0.2, 0) is 14.3 Å². The van der Waals surface area contributed by atoms with Gasteiger partial charge in [-0.05, 0) is 13.5 Å². The van der Waals surface area contributed by atoms with Crippen LogP contribution in [0.2, 0.25) is 0 Å². The van der Waals surface area contributed by atoms with Crippen molar-refractivity contribution in [3.8, 4) is 0 Å². The van der Waals surface area contributed by atoms with E-state index in [1.807, 2.05) is 0 Å². The van der Waals surface area contributed by atoms with E-state index in [0.717, 1.165) is 0 Å². The third kappa shape index (κ3) is 3.09. The van der Waals surface area contributed by atoms with Crippen molar-refractivity contribution in [2.45, 2.75) is 13.2 Å². The fourth-order valence-electron chi connectivity index (χ4n) is 0.299. The third-order valence-electron chi connectivity index (χ3n) is 0.879. The minimum atomic E-state index is -1.18. The minimum absolute atomic E-state index is 0.311. The van der Waals surface area contributed by atoms with Crippen LogP contribution in [0.15, 0.2) is 12.3 Å². The number of ether oxygens (including phenoxy) is 2. The normalized spacial score (nSPS) is 12.2. The molecule has 0 radical (unpaired) electrons. The Morgan fingerprint density at radius 2 is 2.20 bits per heavy atom. The Morgan fingerprint density at radius 1 is 1.70 bits per heavy atom. The maximum Gasteiger partial charge on any atom is 0.370 e. The van der Waals surface area contributed by atoms with Crippen molar-refractivity contribution < 1.29 is 19.4 Å². The van der Waals surface area contributed by atoms with Crippen molar-refractivity contribution >= 4 is 5.97 Å². The molecule has 0 heterocycles. The molecule has 0 rings (SSSR count). The van der Waals surface area contributed by atoms with Gasteiger partial charge in [-0.15, -0.1) is 0 Å². The Morgan fingerprint density at radius 3 is 2.50 bits per heavy atom. The standard InChI is InChI=1S/C6H10O4/c1-4(6(7)8)10-5(2)9-3/h5H,1H2,2-3H3,(H,7,8). The fraction of sp³-hybridized carbons (Fsp3) is 0.500. The smallest absolute Gasteiger partial charge is 0.370 e. The highest BCUT2D eigenvalue weighted by atomic mass is 16.7. The lowest BCUT2D eigenvalue weighted by Crippen LogP contribution is -2.13. The molecule has 0 aromatic rings. The van der Waals surface area contributed by atoms with E-state index in [-0.39, 0.29) is 5.76 Å². The zero-order valence-corrected chi connectivity index (χ0v) is 5.96. The zero-order valence-electron chi connectivity index (χ0n) is 5.96. The Kier molecular flexibility index (Phi) is 3.49. The maximum absolute atomic E-state index is 10.1. The van der Waals surface area contributed by atoms with Gasteiger partial charge < -0.3 is 14.6 Å². The van der Waals surface area contributed by atoms with Crippen LogP contribution in [0.1, 0.15) is 6.92 Å². The predicted molar refractivity (Wildman–Crippen MR) is 34.3 cm³/mol. The van der Waals surface area contributed by atoms with Gasteiger partial charge in [-0.3, -0.25) is 0 Å². The monoisotopic (exact) mass is 146 g/mol. The molecular weight excluding hydrogens is 136 g/mol. The number of methoxy groups -OCH3 is 1. The Labute approximate surface area is 59.1 Å². The maximum atomic E-state index is 10.1. The molecule has 0 aromatic heterocycles. The van der Waals surface area contributed by atoms with E-state index in [0.29, 0.717) is 0 Å². The number of carboxylic acids is 1. The van der Waals surface area contributed by atoms with Gasteiger partial charge >= 0.3 is 5.97 Å². The van der Waals surface area contributed by atoms with E-state index in [2.05, 4.69) is 16.1 Å². The van der Waals surface area contributed by atoms with E-state index >= 15 is 0 Å². The number of rotatable bonds is 4. The quantitative estimate of drug-likeness (QED) is 0.358. The van der Waals surface area contributed by atoms with Crippen LogP contribution < -0.4 is 0 Å². The van der Waals surface area contributed by atoms with Crippen molar-refractivity contribution in [1.29, 1.82) is 0 Å². The molecule has 0 saturated carbocycles. The second-order valence-corrected chi connectivity index (χ2v) is 1.65. The molecule has 4 nitrogen and oxygen atoms in total. The molecule has 4 heteroatoms. The van der Waals surface area contributed by atoms with Gasteiger partial charge in [0.2, 0.25) is 0 Å². The topological polar surface area (TPSA) is 55.8 Å². The molecule has 10 heavy (non-hydrogen) atoms. The molecule has 0 fully saturated rings. The van der Waals surface area contributed by atoms with Gasteiger partial charge in [-0.2, -0.15) is 0 Å². The number of carboxylic acid groups (broad SMARTS) is 1. The zero-order chi connectivity index (χ0) is 8.15. The van der Waals surface area contributed by atoms with Gasteiger partial charge in [0, 0.05) is 7.11 Å². The summed E-state index contributed by atoms with van der Waals surface area (Å²) in [5, 5.41) is 8.25. The Hall–Kier alpha value is -1.03. The van der Waals surface area contributed by atoms with E-state index in [9.17, 15) is 4.79 Å². The summed E-state index contributed by atoms with van der Waals surface area (Å²) in [6.45, 7) is 4.72. The van der Waals surface area contributed by atoms with Crippen molar-refractivity contribution in [2.24, 2.45) is 0 Å². The molecule has 58 valence electrons. The van der Waals surface area contributed by atoms with Crippen molar-refractivity contribution in [2.75, 3.05) is 7.11 Å². The first-order valence-corrected chi connectivity index (χ1v) is 2.69. The largest absolute Gasteiger partial charge is 0.475 e. The molecule has 0 amide bonds. The number of hydrogen-bond donors (Lipinski definition) is 1. The highest BCUT2D eigenvalue weighted by Gasteiger charge is 2.08. The van der Waals surface area contributed by atoms with Gasteiger partial charge in [0.05, 0.1) is 0 Å². The Balaban J connectivity index is 3.68. The van der Waals surface area contributed by atoms with E-state index in [4.69, 9.17) is 5.11 Å². The highest BCUT2D eigenvalue weighted by Crippen LogP contribution is 1.99. The number of hydrogen-bond acceptors (Lipinski definition) is 3. The molecule has 0 aliphatic rings. The van der Waals surface area contributed by atoms with Crippen molar-refractivity contribution in [3.05, 3.63) is 12.3 Å². The van der Waals surface area contributed by atoms with Gasteiger partial charge in [-0.25, -0.2) is 4.79 Å². The summed E-state index contributed by atoms with van der Waals surface area (Å²) < 4.78 is 9.27. The molecule has 0 saturated heterocycles. The lowest BCUT2D eigenvalue weighted by Gasteiger charge is -2.10. The molecular formula is C6H10O4. The van der Waals surface area contributed by atoms with Crippen LogP contribution >= 0.6 is 0 Å². The van der Waals surface area contributed by atoms with Gasteiger partial charge in [0.25, 0.3) is 0 Å². The average molecular weight is 146 g/mol.